The second kappa shape index (κ2) is 8.85. The molecule has 2 rings (SSSR count). The lowest BCUT2D eigenvalue weighted by Gasteiger charge is -2.30. The summed E-state index contributed by atoms with van der Waals surface area (Å²) in [5.41, 5.74) is 2.92. The summed E-state index contributed by atoms with van der Waals surface area (Å²) in [5, 5.41) is 3.11. The van der Waals surface area contributed by atoms with Gasteiger partial charge >= 0.3 is 11.9 Å². The van der Waals surface area contributed by atoms with E-state index >= 15 is 0 Å². The van der Waals surface area contributed by atoms with Crippen molar-refractivity contribution >= 4 is 27.9 Å². The first-order valence-electron chi connectivity index (χ1n) is 8.29. The molecule has 0 aromatic heterocycles. The van der Waals surface area contributed by atoms with E-state index in [1.165, 1.54) is 6.08 Å². The van der Waals surface area contributed by atoms with Crippen LogP contribution in [-0.4, -0.2) is 25.2 Å². The van der Waals surface area contributed by atoms with Crippen LogP contribution in [0.3, 0.4) is 0 Å². The fourth-order valence-electron chi connectivity index (χ4n) is 2.94. The van der Waals surface area contributed by atoms with Crippen LogP contribution >= 0.6 is 15.9 Å². The molecule has 1 aromatic carbocycles. The van der Waals surface area contributed by atoms with Crippen LogP contribution in [0, 0.1) is 0 Å². The van der Waals surface area contributed by atoms with Crippen molar-refractivity contribution in [3.05, 3.63) is 69.5 Å². The van der Waals surface area contributed by atoms with E-state index in [-0.39, 0.29) is 13.2 Å². The average Bonchev–Trinajstić information content (AvgIpc) is 2.59. The second-order valence-corrected chi connectivity index (χ2v) is 6.71. The van der Waals surface area contributed by atoms with Crippen molar-refractivity contribution in [2.45, 2.75) is 26.7 Å². The molecule has 6 heteroatoms. The average molecular weight is 420 g/mol. The van der Waals surface area contributed by atoms with Crippen LogP contribution in [0.25, 0.3) is 0 Å². The number of benzene rings is 1. The zero-order valence-electron chi connectivity index (χ0n) is 15.1. The summed E-state index contributed by atoms with van der Waals surface area (Å²) in [5.74, 6) is -1.51. The molecule has 0 aliphatic carbocycles. The van der Waals surface area contributed by atoms with Crippen molar-refractivity contribution in [1.29, 1.82) is 0 Å². The van der Waals surface area contributed by atoms with Gasteiger partial charge in [0.1, 0.15) is 6.61 Å². The molecule has 1 N–H and O–H groups in total. The van der Waals surface area contributed by atoms with Gasteiger partial charge in [-0.15, -0.1) is 0 Å². The number of carbonyl (C=O) groups excluding carboxylic acids is 2. The van der Waals surface area contributed by atoms with Crippen LogP contribution in [0.5, 0.6) is 0 Å². The Balaban J connectivity index is 2.58. The molecule has 1 heterocycles. The highest BCUT2D eigenvalue weighted by Gasteiger charge is 2.37. The second-order valence-electron chi connectivity index (χ2n) is 5.79. The molecule has 138 valence electrons. The van der Waals surface area contributed by atoms with E-state index in [0.29, 0.717) is 22.5 Å². The Labute approximate surface area is 161 Å². The Bertz CT molecular complexity index is 778. The van der Waals surface area contributed by atoms with Crippen molar-refractivity contribution in [2.75, 3.05) is 13.2 Å². The number of dihydropyridines is 1. The van der Waals surface area contributed by atoms with E-state index in [0.717, 1.165) is 10.0 Å². The molecule has 0 saturated carbocycles. The minimum absolute atomic E-state index is 0.0973. The fourth-order valence-corrected chi connectivity index (χ4v) is 3.21. The smallest absolute Gasteiger partial charge is 0.337 e. The van der Waals surface area contributed by atoms with Crippen LogP contribution < -0.4 is 5.32 Å². The van der Waals surface area contributed by atoms with Crippen molar-refractivity contribution in [1.82, 2.24) is 5.32 Å². The fraction of sp³-hybridized carbons (Fsp3) is 0.300. The molecule has 1 atom stereocenters. The molecule has 1 aliphatic heterocycles. The lowest BCUT2D eigenvalue weighted by Crippen LogP contribution is -2.32. The number of carbonyl (C=O) groups is 2. The minimum atomic E-state index is -0.569. The summed E-state index contributed by atoms with van der Waals surface area (Å²) in [6.45, 7) is 9.26. The summed E-state index contributed by atoms with van der Waals surface area (Å²) in [6.07, 6.45) is 1.51. The zero-order chi connectivity index (χ0) is 19.3. The summed E-state index contributed by atoms with van der Waals surface area (Å²) in [4.78, 5) is 25.3. The highest BCUT2D eigenvalue weighted by Crippen LogP contribution is 2.39. The van der Waals surface area contributed by atoms with Gasteiger partial charge in [-0.25, -0.2) is 9.59 Å². The molecule has 0 fully saturated rings. The van der Waals surface area contributed by atoms with Gasteiger partial charge in [0.15, 0.2) is 0 Å². The molecule has 1 aliphatic rings. The summed E-state index contributed by atoms with van der Waals surface area (Å²) in [7, 11) is 0. The van der Waals surface area contributed by atoms with Crippen molar-refractivity contribution in [3.63, 3.8) is 0 Å². The first-order valence-corrected chi connectivity index (χ1v) is 9.09. The number of nitrogens with one attached hydrogen (secondary N) is 1. The molecule has 0 bridgehead atoms. The van der Waals surface area contributed by atoms with Gasteiger partial charge < -0.3 is 14.8 Å². The third kappa shape index (κ3) is 4.25. The molecule has 0 spiro atoms. The molecule has 26 heavy (non-hydrogen) atoms. The van der Waals surface area contributed by atoms with Gasteiger partial charge in [0, 0.05) is 15.9 Å². The monoisotopic (exact) mass is 419 g/mol. The first kappa shape index (κ1) is 20.0. The van der Waals surface area contributed by atoms with E-state index in [1.807, 2.05) is 24.3 Å². The van der Waals surface area contributed by atoms with Gasteiger partial charge in [-0.3, -0.25) is 0 Å². The molecule has 1 unspecified atom stereocenters. The predicted octanol–water partition coefficient (Wildman–Crippen LogP) is 3.98. The molecular weight excluding hydrogens is 398 g/mol. The Morgan fingerprint density at radius 2 is 1.65 bits per heavy atom. The molecule has 0 amide bonds. The first-order chi connectivity index (χ1) is 12.4. The predicted molar refractivity (Wildman–Crippen MR) is 103 cm³/mol. The number of allylic oxidation sites excluding steroid dienone is 2. The topological polar surface area (TPSA) is 64.6 Å². The maximum Gasteiger partial charge on any atom is 0.337 e. The van der Waals surface area contributed by atoms with Crippen LogP contribution in [-0.2, 0) is 19.1 Å². The van der Waals surface area contributed by atoms with Gasteiger partial charge in [-0.05, 0) is 38.5 Å². The van der Waals surface area contributed by atoms with Crippen LogP contribution in [0.1, 0.15) is 32.3 Å². The Hall–Kier alpha value is -2.34. The molecule has 0 radical (unpaired) electrons. The number of esters is 2. The Morgan fingerprint density at radius 3 is 2.15 bits per heavy atom. The summed E-state index contributed by atoms with van der Waals surface area (Å²) in [6, 6.07) is 7.50. The number of hydrogen-bond acceptors (Lipinski definition) is 5. The van der Waals surface area contributed by atoms with Gasteiger partial charge in [0.2, 0.25) is 0 Å². The number of hydrogen-bond donors (Lipinski definition) is 1. The summed E-state index contributed by atoms with van der Waals surface area (Å²) < 4.78 is 11.4. The highest BCUT2D eigenvalue weighted by atomic mass is 79.9. The lowest BCUT2D eigenvalue weighted by atomic mass is 9.80. The van der Waals surface area contributed by atoms with Crippen LogP contribution in [0.4, 0.5) is 0 Å². The third-order valence-electron chi connectivity index (χ3n) is 4.01. The Morgan fingerprint density at radius 1 is 1.12 bits per heavy atom. The van der Waals surface area contributed by atoms with E-state index in [4.69, 9.17) is 9.47 Å². The van der Waals surface area contributed by atoms with Crippen molar-refractivity contribution in [2.24, 2.45) is 0 Å². The molecular formula is C20H22BrNO4. The normalized spacial score (nSPS) is 16.8. The maximum absolute atomic E-state index is 12.7. The molecule has 1 aromatic rings. The SMILES string of the molecule is C=CCOC(=O)C1=C(C)NC(C)=C(C(=O)OCC)C1c1ccc(Br)cc1. The van der Waals surface area contributed by atoms with Crippen LogP contribution in [0.15, 0.2) is 63.9 Å². The third-order valence-corrected chi connectivity index (χ3v) is 4.54. The number of rotatable bonds is 6. The van der Waals surface area contributed by atoms with Gasteiger partial charge in [0.05, 0.1) is 23.7 Å². The largest absolute Gasteiger partial charge is 0.463 e. The maximum atomic E-state index is 12.7. The quantitative estimate of drug-likeness (QED) is 0.557. The van der Waals surface area contributed by atoms with Crippen LogP contribution in [0.2, 0.25) is 0 Å². The molecule has 5 nitrogen and oxygen atoms in total. The lowest BCUT2D eigenvalue weighted by molar-refractivity contribution is -0.139. The van der Waals surface area contributed by atoms with Gasteiger partial charge in [-0.2, -0.15) is 0 Å². The van der Waals surface area contributed by atoms with Crippen molar-refractivity contribution in [3.8, 4) is 0 Å². The van der Waals surface area contributed by atoms with E-state index in [9.17, 15) is 9.59 Å². The number of halogens is 1. The number of ether oxygens (including phenoxy) is 2. The highest BCUT2D eigenvalue weighted by molar-refractivity contribution is 9.10. The van der Waals surface area contributed by atoms with E-state index < -0.39 is 17.9 Å². The van der Waals surface area contributed by atoms with Crippen molar-refractivity contribution < 1.29 is 19.1 Å². The van der Waals surface area contributed by atoms with E-state index in [1.54, 1.807) is 20.8 Å². The Kier molecular flexibility index (Phi) is 6.80. The van der Waals surface area contributed by atoms with Gasteiger partial charge in [0.25, 0.3) is 0 Å². The minimum Gasteiger partial charge on any atom is -0.463 e. The van der Waals surface area contributed by atoms with Gasteiger partial charge in [-0.1, -0.05) is 40.7 Å². The molecule has 0 saturated heterocycles. The van der Waals surface area contributed by atoms with E-state index in [2.05, 4.69) is 27.8 Å². The zero-order valence-corrected chi connectivity index (χ0v) is 16.7. The summed E-state index contributed by atoms with van der Waals surface area (Å²) >= 11 is 3.41. The standard InChI is InChI=1S/C20H22BrNO4/c1-5-11-26-20(24)17-13(4)22-12(3)16(19(23)25-6-2)18(17)14-7-9-15(21)10-8-14/h5,7-10,18,22H,1,6,11H2,2-4H3.